The fourth-order valence-corrected chi connectivity index (χ4v) is 1.74. The number of nitrogens with zero attached hydrogens (tertiary/aromatic N) is 3. The van der Waals surface area contributed by atoms with E-state index in [9.17, 15) is 0 Å². The Kier molecular flexibility index (Phi) is 7.34. The number of aromatic nitrogens is 2. The lowest BCUT2D eigenvalue weighted by atomic mass is 10.2. The lowest BCUT2D eigenvalue weighted by Gasteiger charge is -2.17. The summed E-state index contributed by atoms with van der Waals surface area (Å²) in [4.78, 5) is 11.1. The van der Waals surface area contributed by atoms with E-state index in [0.717, 1.165) is 37.6 Å². The Morgan fingerprint density at radius 1 is 1.11 bits per heavy atom. The molecule has 0 unspecified atom stereocenters. The Hall–Kier alpha value is -1.16. The SMILES string of the molecule is CCCCCN(C)c1cnc(CNCCC)cn1. The van der Waals surface area contributed by atoms with E-state index in [1.807, 2.05) is 12.4 Å². The second-order valence-corrected chi connectivity index (χ2v) is 4.67. The summed E-state index contributed by atoms with van der Waals surface area (Å²) in [6.07, 6.45) is 8.63. The van der Waals surface area contributed by atoms with E-state index in [1.54, 1.807) is 0 Å². The molecular weight excluding hydrogens is 224 g/mol. The maximum Gasteiger partial charge on any atom is 0.146 e. The van der Waals surface area contributed by atoms with Crippen molar-refractivity contribution in [3.8, 4) is 0 Å². The summed E-state index contributed by atoms with van der Waals surface area (Å²) in [5.41, 5.74) is 1.01. The van der Waals surface area contributed by atoms with E-state index in [0.29, 0.717) is 0 Å². The highest BCUT2D eigenvalue weighted by atomic mass is 15.2. The van der Waals surface area contributed by atoms with Crippen LogP contribution in [0.25, 0.3) is 0 Å². The van der Waals surface area contributed by atoms with Gasteiger partial charge in [-0.2, -0.15) is 0 Å². The fourth-order valence-electron chi connectivity index (χ4n) is 1.74. The molecule has 0 atom stereocenters. The molecule has 0 saturated heterocycles. The standard InChI is InChI=1S/C14H26N4/c1-4-6-7-9-18(3)14-12-16-13(11-17-14)10-15-8-5-2/h11-12,15H,4-10H2,1-3H3. The highest BCUT2D eigenvalue weighted by Crippen LogP contribution is 2.08. The van der Waals surface area contributed by atoms with Crippen LogP contribution in [-0.2, 0) is 6.54 Å². The summed E-state index contributed by atoms with van der Waals surface area (Å²) in [5, 5.41) is 3.33. The van der Waals surface area contributed by atoms with Crippen LogP contribution >= 0.6 is 0 Å². The van der Waals surface area contributed by atoms with E-state index >= 15 is 0 Å². The first kappa shape index (κ1) is 14.9. The number of rotatable bonds is 9. The Morgan fingerprint density at radius 2 is 1.94 bits per heavy atom. The maximum absolute atomic E-state index is 4.46. The minimum Gasteiger partial charge on any atom is -0.358 e. The molecule has 0 radical (unpaired) electrons. The third kappa shape index (κ3) is 5.45. The van der Waals surface area contributed by atoms with Gasteiger partial charge in [0.25, 0.3) is 0 Å². The normalized spacial score (nSPS) is 10.6. The van der Waals surface area contributed by atoms with Crippen molar-refractivity contribution in [2.24, 2.45) is 0 Å². The van der Waals surface area contributed by atoms with Crippen LogP contribution in [0.1, 0.15) is 45.2 Å². The molecule has 0 aromatic carbocycles. The summed E-state index contributed by atoms with van der Waals surface area (Å²) >= 11 is 0. The van der Waals surface area contributed by atoms with Crippen molar-refractivity contribution >= 4 is 5.82 Å². The molecule has 1 rings (SSSR count). The molecular formula is C14H26N4. The minimum absolute atomic E-state index is 0.806. The van der Waals surface area contributed by atoms with E-state index in [2.05, 4.69) is 41.1 Å². The molecule has 0 spiro atoms. The van der Waals surface area contributed by atoms with E-state index in [4.69, 9.17) is 0 Å². The molecule has 0 aliphatic rings. The lowest BCUT2D eigenvalue weighted by Crippen LogP contribution is -2.20. The van der Waals surface area contributed by atoms with Gasteiger partial charge in [0.2, 0.25) is 0 Å². The van der Waals surface area contributed by atoms with Gasteiger partial charge >= 0.3 is 0 Å². The topological polar surface area (TPSA) is 41.1 Å². The molecule has 0 saturated carbocycles. The smallest absolute Gasteiger partial charge is 0.146 e. The van der Waals surface area contributed by atoms with Crippen LogP contribution in [0.2, 0.25) is 0 Å². The largest absolute Gasteiger partial charge is 0.358 e. The van der Waals surface area contributed by atoms with Gasteiger partial charge in [-0.3, -0.25) is 4.98 Å². The van der Waals surface area contributed by atoms with E-state index in [-0.39, 0.29) is 0 Å². The lowest BCUT2D eigenvalue weighted by molar-refractivity contribution is 0.660. The quantitative estimate of drug-likeness (QED) is 0.684. The zero-order valence-corrected chi connectivity index (χ0v) is 11.9. The third-order valence-electron chi connectivity index (χ3n) is 2.91. The van der Waals surface area contributed by atoms with Gasteiger partial charge in [0.1, 0.15) is 5.82 Å². The van der Waals surface area contributed by atoms with Crippen LogP contribution < -0.4 is 10.2 Å². The summed E-state index contributed by atoms with van der Waals surface area (Å²) in [6, 6.07) is 0. The van der Waals surface area contributed by atoms with Crippen LogP contribution in [0.3, 0.4) is 0 Å². The van der Waals surface area contributed by atoms with Crippen LogP contribution in [-0.4, -0.2) is 30.1 Å². The number of hydrogen-bond donors (Lipinski definition) is 1. The van der Waals surface area contributed by atoms with Crippen molar-refractivity contribution in [2.45, 2.75) is 46.1 Å². The Balaban J connectivity index is 2.38. The highest BCUT2D eigenvalue weighted by molar-refractivity contribution is 5.34. The predicted octanol–water partition coefficient (Wildman–Crippen LogP) is 2.60. The highest BCUT2D eigenvalue weighted by Gasteiger charge is 2.02. The second-order valence-electron chi connectivity index (χ2n) is 4.67. The van der Waals surface area contributed by atoms with Crippen LogP contribution in [0.5, 0.6) is 0 Å². The van der Waals surface area contributed by atoms with Crippen LogP contribution in [0.15, 0.2) is 12.4 Å². The average molecular weight is 250 g/mol. The van der Waals surface area contributed by atoms with Crippen LogP contribution in [0, 0.1) is 0 Å². The molecule has 18 heavy (non-hydrogen) atoms. The molecule has 4 heteroatoms. The average Bonchev–Trinajstić information content (AvgIpc) is 2.40. The molecule has 1 aromatic rings. The Morgan fingerprint density at radius 3 is 2.56 bits per heavy atom. The van der Waals surface area contributed by atoms with Gasteiger partial charge in [0.05, 0.1) is 18.1 Å². The molecule has 1 aromatic heterocycles. The predicted molar refractivity (Wildman–Crippen MR) is 76.8 cm³/mol. The summed E-state index contributed by atoms with van der Waals surface area (Å²) in [5.74, 6) is 0.963. The molecule has 1 N–H and O–H groups in total. The van der Waals surface area contributed by atoms with Crippen molar-refractivity contribution in [3.63, 3.8) is 0 Å². The molecule has 4 nitrogen and oxygen atoms in total. The second kappa shape index (κ2) is 8.86. The number of anilines is 1. The Labute approximate surface area is 111 Å². The van der Waals surface area contributed by atoms with Gasteiger partial charge in [-0.05, 0) is 19.4 Å². The minimum atomic E-state index is 0.806. The molecule has 0 amide bonds. The molecule has 1 heterocycles. The van der Waals surface area contributed by atoms with Crippen molar-refractivity contribution in [1.82, 2.24) is 15.3 Å². The maximum atomic E-state index is 4.46. The van der Waals surface area contributed by atoms with E-state index in [1.165, 1.54) is 19.3 Å². The molecule has 0 aliphatic heterocycles. The Bertz CT molecular complexity index is 310. The van der Waals surface area contributed by atoms with Gasteiger partial charge in [-0.15, -0.1) is 0 Å². The van der Waals surface area contributed by atoms with Gasteiger partial charge in [-0.25, -0.2) is 4.98 Å². The first-order chi connectivity index (χ1) is 8.77. The summed E-state index contributed by atoms with van der Waals surface area (Å²) in [7, 11) is 2.08. The van der Waals surface area contributed by atoms with Crippen molar-refractivity contribution in [2.75, 3.05) is 25.0 Å². The number of nitrogens with one attached hydrogen (secondary N) is 1. The first-order valence-corrected chi connectivity index (χ1v) is 7.00. The molecule has 0 bridgehead atoms. The number of unbranched alkanes of at least 4 members (excludes halogenated alkanes) is 2. The molecule has 0 fully saturated rings. The zero-order chi connectivity index (χ0) is 13.2. The van der Waals surface area contributed by atoms with Crippen molar-refractivity contribution in [1.29, 1.82) is 0 Å². The molecule has 0 aliphatic carbocycles. The van der Waals surface area contributed by atoms with Gasteiger partial charge in [-0.1, -0.05) is 26.7 Å². The summed E-state index contributed by atoms with van der Waals surface area (Å²) in [6.45, 7) is 7.27. The van der Waals surface area contributed by atoms with Gasteiger partial charge < -0.3 is 10.2 Å². The monoisotopic (exact) mass is 250 g/mol. The number of hydrogen-bond acceptors (Lipinski definition) is 4. The van der Waals surface area contributed by atoms with Crippen molar-refractivity contribution < 1.29 is 0 Å². The summed E-state index contributed by atoms with van der Waals surface area (Å²) < 4.78 is 0. The van der Waals surface area contributed by atoms with Gasteiger partial charge in [0, 0.05) is 20.1 Å². The molecule has 102 valence electrons. The van der Waals surface area contributed by atoms with Crippen molar-refractivity contribution in [3.05, 3.63) is 18.1 Å². The first-order valence-electron chi connectivity index (χ1n) is 7.00. The third-order valence-corrected chi connectivity index (χ3v) is 2.91. The van der Waals surface area contributed by atoms with Crippen LogP contribution in [0.4, 0.5) is 5.82 Å². The fraction of sp³-hybridized carbons (Fsp3) is 0.714. The zero-order valence-electron chi connectivity index (χ0n) is 11.9. The van der Waals surface area contributed by atoms with E-state index < -0.39 is 0 Å². The van der Waals surface area contributed by atoms with Gasteiger partial charge in [0.15, 0.2) is 0 Å².